The first-order valence-electron chi connectivity index (χ1n) is 11.8. The fraction of sp³-hybridized carbons (Fsp3) is 0.346. The van der Waals surface area contributed by atoms with Crippen LogP contribution in [-0.2, 0) is 12.3 Å². The maximum absolute atomic E-state index is 13.9. The molecule has 0 amide bonds. The number of benzene rings is 2. The Morgan fingerprint density at radius 1 is 1.11 bits per heavy atom. The van der Waals surface area contributed by atoms with E-state index in [0.29, 0.717) is 36.6 Å². The average molecular weight is 528 g/mol. The highest BCUT2D eigenvalue weighted by Crippen LogP contribution is 2.30. The molecule has 0 aliphatic heterocycles. The summed E-state index contributed by atoms with van der Waals surface area (Å²) in [5, 5.41) is 0.631. The van der Waals surface area contributed by atoms with Crippen LogP contribution in [0.1, 0.15) is 25.0 Å². The number of hydrogen-bond acceptors (Lipinski definition) is 6. The third-order valence-electron chi connectivity index (χ3n) is 6.29. The van der Waals surface area contributed by atoms with E-state index in [2.05, 4.69) is 32.9 Å². The zero-order chi connectivity index (χ0) is 24.9. The van der Waals surface area contributed by atoms with Crippen LogP contribution in [0.4, 0.5) is 0 Å². The molecular formula is C26H31N4O2S3+. The van der Waals surface area contributed by atoms with Crippen molar-refractivity contribution < 1.29 is 9.64 Å². The molecule has 0 aliphatic rings. The van der Waals surface area contributed by atoms with Crippen LogP contribution in [0.2, 0.25) is 0 Å². The Morgan fingerprint density at radius 3 is 2.54 bits per heavy atom. The van der Waals surface area contributed by atoms with Crippen LogP contribution in [0.3, 0.4) is 0 Å². The third-order valence-corrected chi connectivity index (χ3v) is 8.71. The van der Waals surface area contributed by atoms with E-state index < -0.39 is 0 Å². The van der Waals surface area contributed by atoms with Crippen LogP contribution in [0.5, 0.6) is 5.75 Å². The molecule has 2 heterocycles. The number of ether oxygens (including phenoxy) is 1. The van der Waals surface area contributed by atoms with Crippen LogP contribution in [-0.4, -0.2) is 40.9 Å². The smallest absolute Gasteiger partial charge is 0.278 e. The molecule has 2 aromatic carbocycles. The monoisotopic (exact) mass is 527 g/mol. The predicted octanol–water partition coefficient (Wildman–Crippen LogP) is 4.51. The minimum absolute atomic E-state index is 0.114. The Bertz CT molecular complexity index is 1440. The van der Waals surface area contributed by atoms with Gasteiger partial charge in [-0.15, -0.1) is 0 Å². The number of nitrogens with one attached hydrogen (secondary N) is 1. The van der Waals surface area contributed by atoms with Crippen molar-refractivity contribution in [1.29, 1.82) is 0 Å². The van der Waals surface area contributed by atoms with Gasteiger partial charge in [0.05, 0.1) is 39.0 Å². The van der Waals surface area contributed by atoms with Crippen LogP contribution < -0.4 is 15.2 Å². The van der Waals surface area contributed by atoms with Gasteiger partial charge in [0.15, 0.2) is 14.8 Å². The number of nitrogens with zero attached hydrogens (tertiary/aromatic N) is 3. The summed E-state index contributed by atoms with van der Waals surface area (Å²) in [5.41, 5.74) is 3.67. The van der Waals surface area contributed by atoms with Crippen molar-refractivity contribution in [2.75, 3.05) is 26.7 Å². The molecule has 4 aromatic rings. The number of likely N-dealkylation sites (N-methyl/N-ethyl adjacent to an activating group) is 1. The van der Waals surface area contributed by atoms with Gasteiger partial charge in [0.1, 0.15) is 10.4 Å². The van der Waals surface area contributed by atoms with Gasteiger partial charge < -0.3 is 14.2 Å². The summed E-state index contributed by atoms with van der Waals surface area (Å²) in [6.07, 6.45) is 0. The lowest BCUT2D eigenvalue weighted by molar-refractivity contribution is -0.897. The number of thiazole rings is 1. The second kappa shape index (κ2) is 11.5. The fourth-order valence-corrected chi connectivity index (χ4v) is 6.47. The number of hydrogen-bond donors (Lipinski definition) is 1. The lowest BCUT2D eigenvalue weighted by Crippen LogP contribution is -3.11. The molecule has 35 heavy (non-hydrogen) atoms. The van der Waals surface area contributed by atoms with Crippen molar-refractivity contribution >= 4 is 45.7 Å². The number of aryl methyl sites for hydroxylation is 1. The van der Waals surface area contributed by atoms with Crippen molar-refractivity contribution in [3.63, 3.8) is 0 Å². The summed E-state index contributed by atoms with van der Waals surface area (Å²) in [5.74, 6) is 1.33. The van der Waals surface area contributed by atoms with Gasteiger partial charge in [0.25, 0.3) is 5.56 Å². The highest BCUT2D eigenvalue weighted by Gasteiger charge is 2.21. The fourth-order valence-electron chi connectivity index (χ4n) is 4.09. The Morgan fingerprint density at radius 2 is 1.83 bits per heavy atom. The third kappa shape index (κ3) is 5.38. The van der Waals surface area contributed by atoms with E-state index in [1.54, 1.807) is 23.4 Å². The molecule has 184 valence electrons. The lowest BCUT2D eigenvalue weighted by Gasteiger charge is -2.17. The zero-order valence-electron chi connectivity index (χ0n) is 20.5. The van der Waals surface area contributed by atoms with E-state index in [1.807, 2.05) is 41.0 Å². The summed E-state index contributed by atoms with van der Waals surface area (Å²) < 4.78 is 10.6. The molecular weight excluding hydrogens is 497 g/mol. The summed E-state index contributed by atoms with van der Waals surface area (Å²) in [6.45, 7) is 10.3. The van der Waals surface area contributed by atoms with Gasteiger partial charge in [-0.25, -0.2) is 4.98 Å². The maximum Gasteiger partial charge on any atom is 0.278 e. The first-order chi connectivity index (χ1) is 17.0. The molecule has 2 aromatic heterocycles. The highest BCUT2D eigenvalue weighted by molar-refractivity contribution is 7.98. The van der Waals surface area contributed by atoms with E-state index in [-0.39, 0.29) is 5.56 Å². The standard InChI is InChI=1S/C26H30N4O2S3/c1-5-28(6-2)15-16-29-23-22(35-26(29)33)24(31)30(20-13-9-10-14-21(20)32-4)25(27-23)34-17-19-12-8-7-11-18(19)3/h7-14H,5-6,15-17H2,1-4H3/p+1. The summed E-state index contributed by atoms with van der Waals surface area (Å²) in [6, 6.07) is 15.9. The van der Waals surface area contributed by atoms with Crippen LogP contribution in [0.15, 0.2) is 58.5 Å². The molecule has 6 nitrogen and oxygen atoms in total. The minimum Gasteiger partial charge on any atom is -0.495 e. The highest BCUT2D eigenvalue weighted by atomic mass is 32.2. The summed E-state index contributed by atoms with van der Waals surface area (Å²) in [4.78, 5) is 20.5. The molecule has 0 radical (unpaired) electrons. The number of rotatable bonds is 10. The number of quaternary nitrogens is 1. The molecule has 0 fully saturated rings. The number of thioether (sulfide) groups is 1. The number of aromatic nitrogens is 3. The second-order valence-electron chi connectivity index (χ2n) is 8.30. The van der Waals surface area contributed by atoms with Crippen molar-refractivity contribution in [2.24, 2.45) is 0 Å². The zero-order valence-corrected chi connectivity index (χ0v) is 23.0. The van der Waals surface area contributed by atoms with Gasteiger partial charge in [0, 0.05) is 5.75 Å². The van der Waals surface area contributed by atoms with Crippen LogP contribution in [0, 0.1) is 10.9 Å². The normalized spacial score (nSPS) is 11.5. The SMILES string of the molecule is CC[NH+](CC)CCn1c(=S)sc2c(=O)n(-c3ccccc3OC)c(SCc3ccccc3C)nc21. The number of para-hydroxylation sites is 2. The Kier molecular flexibility index (Phi) is 8.43. The first kappa shape index (κ1) is 25.6. The van der Waals surface area contributed by atoms with E-state index in [4.69, 9.17) is 21.9 Å². The molecule has 0 saturated heterocycles. The van der Waals surface area contributed by atoms with Gasteiger partial charge in [-0.1, -0.05) is 59.5 Å². The first-order valence-corrected chi connectivity index (χ1v) is 14.0. The molecule has 0 aliphatic carbocycles. The van der Waals surface area contributed by atoms with Gasteiger partial charge in [-0.2, -0.15) is 0 Å². The topological polar surface area (TPSA) is 53.5 Å². The van der Waals surface area contributed by atoms with Gasteiger partial charge in [0.2, 0.25) is 0 Å². The second-order valence-corrected chi connectivity index (χ2v) is 10.9. The van der Waals surface area contributed by atoms with Crippen molar-refractivity contribution in [3.8, 4) is 11.4 Å². The minimum atomic E-state index is -0.114. The van der Waals surface area contributed by atoms with Crippen molar-refractivity contribution in [3.05, 3.63) is 74.0 Å². The maximum atomic E-state index is 13.9. The summed E-state index contributed by atoms with van der Waals surface area (Å²) in [7, 11) is 1.62. The van der Waals surface area contributed by atoms with E-state index in [0.717, 1.165) is 26.2 Å². The van der Waals surface area contributed by atoms with E-state index >= 15 is 0 Å². The largest absolute Gasteiger partial charge is 0.495 e. The van der Waals surface area contributed by atoms with E-state index in [1.165, 1.54) is 27.4 Å². The molecule has 0 saturated carbocycles. The number of fused-ring (bicyclic) bond motifs is 1. The molecule has 0 unspecified atom stereocenters. The molecule has 0 atom stereocenters. The van der Waals surface area contributed by atoms with Gasteiger partial charge in [-0.05, 0) is 56.2 Å². The van der Waals surface area contributed by atoms with Gasteiger partial charge in [-0.3, -0.25) is 9.36 Å². The summed E-state index contributed by atoms with van der Waals surface area (Å²) >= 11 is 8.60. The molecule has 9 heteroatoms. The quantitative estimate of drug-likeness (QED) is 0.187. The predicted molar refractivity (Wildman–Crippen MR) is 148 cm³/mol. The molecule has 0 spiro atoms. The lowest BCUT2D eigenvalue weighted by atomic mass is 10.1. The number of methoxy groups -OCH3 is 1. The molecule has 0 bridgehead atoms. The molecule has 1 N–H and O–H groups in total. The Balaban J connectivity index is 1.87. The van der Waals surface area contributed by atoms with Crippen molar-refractivity contribution in [2.45, 2.75) is 38.2 Å². The van der Waals surface area contributed by atoms with Crippen molar-refractivity contribution in [1.82, 2.24) is 14.1 Å². The Hall–Kier alpha value is -2.46. The molecule has 4 rings (SSSR count). The van der Waals surface area contributed by atoms with E-state index in [9.17, 15) is 4.79 Å². The van der Waals surface area contributed by atoms with Crippen LogP contribution in [0.25, 0.3) is 16.0 Å². The average Bonchev–Trinajstić information content (AvgIpc) is 3.19. The van der Waals surface area contributed by atoms with Gasteiger partial charge >= 0.3 is 0 Å². The Labute approximate surface area is 219 Å². The van der Waals surface area contributed by atoms with Crippen LogP contribution >= 0.6 is 35.3 Å².